The number of nitrogens with zero attached hydrogens (tertiary/aromatic N) is 4. The first-order valence-electron chi connectivity index (χ1n) is 9.42. The number of nitrogens with one attached hydrogen (secondary N) is 1. The number of hydrogen-bond acceptors (Lipinski definition) is 4. The first-order valence-corrected chi connectivity index (χ1v) is 9.42. The zero-order valence-corrected chi connectivity index (χ0v) is 14.7. The molecule has 2 heterocycles. The van der Waals surface area contributed by atoms with Crippen molar-refractivity contribution in [1.82, 2.24) is 19.6 Å². The molecule has 2 aliphatic rings. The van der Waals surface area contributed by atoms with E-state index < -0.39 is 6.43 Å². The molecule has 2 N–H and O–H groups in total. The third-order valence-electron chi connectivity index (χ3n) is 5.54. The summed E-state index contributed by atoms with van der Waals surface area (Å²) in [4.78, 5) is 0. The minimum Gasteiger partial charge on any atom is -0.396 e. The minimum atomic E-state index is -2.65. The van der Waals surface area contributed by atoms with E-state index in [1.165, 1.54) is 17.5 Å². The lowest BCUT2D eigenvalue weighted by atomic mass is 9.87. The summed E-state index contributed by atoms with van der Waals surface area (Å²) in [5.74, 6) is 1.72. The van der Waals surface area contributed by atoms with Gasteiger partial charge in [-0.3, -0.25) is 4.68 Å². The van der Waals surface area contributed by atoms with Gasteiger partial charge in [0, 0.05) is 19.2 Å². The largest absolute Gasteiger partial charge is 0.396 e. The van der Waals surface area contributed by atoms with Gasteiger partial charge in [-0.1, -0.05) is 0 Å². The van der Waals surface area contributed by atoms with Crippen LogP contribution in [0.5, 0.6) is 0 Å². The number of rotatable bonds is 7. The Balaban J connectivity index is 1.57. The lowest BCUT2D eigenvalue weighted by Crippen LogP contribution is -2.20. The summed E-state index contributed by atoms with van der Waals surface area (Å²) in [5, 5.41) is 21.0. The molecule has 26 heavy (non-hydrogen) atoms. The van der Waals surface area contributed by atoms with Crippen LogP contribution in [0.2, 0.25) is 0 Å². The zero-order valence-electron chi connectivity index (χ0n) is 14.7. The van der Waals surface area contributed by atoms with Crippen LogP contribution in [0, 0.1) is 11.8 Å². The number of alkyl halides is 2. The zero-order chi connectivity index (χ0) is 18.1. The second-order valence-electron chi connectivity index (χ2n) is 7.49. The van der Waals surface area contributed by atoms with Crippen molar-refractivity contribution in [2.24, 2.45) is 11.8 Å². The van der Waals surface area contributed by atoms with E-state index in [0.29, 0.717) is 17.5 Å². The van der Waals surface area contributed by atoms with Crippen LogP contribution < -0.4 is 5.32 Å². The summed E-state index contributed by atoms with van der Waals surface area (Å²) in [5.41, 5.74) is 0.111. The molecule has 2 aromatic rings. The average Bonchev–Trinajstić information content (AvgIpc) is 3.19. The average molecular weight is 365 g/mol. The van der Waals surface area contributed by atoms with E-state index in [2.05, 4.69) is 15.5 Å². The fourth-order valence-corrected chi connectivity index (χ4v) is 3.69. The molecule has 8 heteroatoms. The van der Waals surface area contributed by atoms with E-state index in [0.717, 1.165) is 38.0 Å². The highest BCUT2D eigenvalue weighted by Gasteiger charge is 2.28. The van der Waals surface area contributed by atoms with Crippen LogP contribution in [0.1, 0.15) is 56.7 Å². The van der Waals surface area contributed by atoms with Crippen LogP contribution in [0.25, 0.3) is 5.69 Å². The van der Waals surface area contributed by atoms with E-state index in [9.17, 15) is 13.9 Å². The topological polar surface area (TPSA) is 67.9 Å². The van der Waals surface area contributed by atoms with Crippen molar-refractivity contribution in [3.63, 3.8) is 0 Å². The van der Waals surface area contributed by atoms with Gasteiger partial charge in [0.25, 0.3) is 6.43 Å². The van der Waals surface area contributed by atoms with Gasteiger partial charge >= 0.3 is 0 Å². The number of anilines is 1. The molecule has 0 bridgehead atoms. The molecule has 0 atom stereocenters. The first-order chi connectivity index (χ1) is 12.7. The molecule has 0 saturated heterocycles. The Morgan fingerprint density at radius 2 is 1.88 bits per heavy atom. The van der Waals surface area contributed by atoms with Crippen molar-refractivity contribution in [1.29, 1.82) is 0 Å². The Labute approximate surface area is 151 Å². The van der Waals surface area contributed by atoms with E-state index >= 15 is 0 Å². The molecule has 0 radical (unpaired) electrons. The van der Waals surface area contributed by atoms with E-state index in [1.807, 2.05) is 0 Å². The van der Waals surface area contributed by atoms with Gasteiger partial charge in [0.05, 0.1) is 18.4 Å². The summed E-state index contributed by atoms with van der Waals surface area (Å²) < 4.78 is 30.4. The standard InChI is InChI=1S/C18H25F2N5O/c19-18(20)17-15(25-16(7-8-22-25)21-9-12-1-2-12)10-24(23-17)14-5-3-13(11-26)4-6-14/h7-8,10,12-14,18,21,26H,1-6,9,11H2. The molecule has 4 rings (SSSR count). The quantitative estimate of drug-likeness (QED) is 0.787. The molecule has 0 unspecified atom stereocenters. The maximum Gasteiger partial charge on any atom is 0.284 e. The van der Waals surface area contributed by atoms with Gasteiger partial charge in [-0.25, -0.2) is 13.5 Å². The van der Waals surface area contributed by atoms with Gasteiger partial charge in [-0.15, -0.1) is 0 Å². The SMILES string of the molecule is OCC1CCC(n2cc(-n3nccc3NCC3CC3)c(C(F)F)n2)CC1. The highest BCUT2D eigenvalue weighted by Crippen LogP contribution is 2.35. The molecule has 0 aliphatic heterocycles. The summed E-state index contributed by atoms with van der Waals surface area (Å²) in [6, 6.07) is 1.91. The van der Waals surface area contributed by atoms with Crippen LogP contribution >= 0.6 is 0 Å². The Kier molecular flexibility index (Phi) is 4.93. The van der Waals surface area contributed by atoms with Crippen LogP contribution in [-0.4, -0.2) is 37.8 Å². The van der Waals surface area contributed by atoms with Crippen LogP contribution in [0.15, 0.2) is 18.5 Å². The molecule has 2 fully saturated rings. The minimum absolute atomic E-state index is 0.0995. The van der Waals surface area contributed by atoms with Crippen molar-refractivity contribution >= 4 is 5.82 Å². The van der Waals surface area contributed by atoms with Crippen molar-refractivity contribution in [2.45, 2.75) is 51.0 Å². The van der Waals surface area contributed by atoms with Crippen molar-refractivity contribution in [3.05, 3.63) is 24.2 Å². The van der Waals surface area contributed by atoms with Crippen molar-refractivity contribution in [2.75, 3.05) is 18.5 Å². The van der Waals surface area contributed by atoms with Gasteiger partial charge in [-0.05, 0) is 50.4 Å². The molecular weight excluding hydrogens is 340 g/mol. The summed E-state index contributed by atoms with van der Waals surface area (Å²) >= 11 is 0. The predicted molar refractivity (Wildman–Crippen MR) is 93.6 cm³/mol. The van der Waals surface area contributed by atoms with Gasteiger partial charge in [-0.2, -0.15) is 10.2 Å². The number of aliphatic hydroxyl groups excluding tert-OH is 1. The van der Waals surface area contributed by atoms with Crippen molar-refractivity contribution in [3.8, 4) is 5.69 Å². The second-order valence-corrected chi connectivity index (χ2v) is 7.49. The fraction of sp³-hybridized carbons (Fsp3) is 0.667. The highest BCUT2D eigenvalue weighted by molar-refractivity contribution is 5.46. The molecule has 0 amide bonds. The van der Waals surface area contributed by atoms with E-state index in [-0.39, 0.29) is 18.3 Å². The lowest BCUT2D eigenvalue weighted by molar-refractivity contribution is 0.141. The predicted octanol–water partition coefficient (Wildman–Crippen LogP) is 3.55. The van der Waals surface area contributed by atoms with Crippen LogP contribution in [0.4, 0.5) is 14.6 Å². The number of hydrogen-bond donors (Lipinski definition) is 2. The Morgan fingerprint density at radius 3 is 2.54 bits per heavy atom. The molecule has 0 aromatic carbocycles. The lowest BCUT2D eigenvalue weighted by Gasteiger charge is -2.27. The Morgan fingerprint density at radius 1 is 1.15 bits per heavy atom. The second kappa shape index (κ2) is 7.34. The molecule has 6 nitrogen and oxygen atoms in total. The molecule has 2 aliphatic carbocycles. The molecule has 142 valence electrons. The van der Waals surface area contributed by atoms with Crippen molar-refractivity contribution < 1.29 is 13.9 Å². The third kappa shape index (κ3) is 3.60. The van der Waals surface area contributed by atoms with E-state index in [4.69, 9.17) is 0 Å². The van der Waals surface area contributed by atoms with Crippen LogP contribution in [0.3, 0.4) is 0 Å². The molecule has 2 aromatic heterocycles. The molecular formula is C18H25F2N5O. The number of aromatic nitrogens is 4. The summed E-state index contributed by atoms with van der Waals surface area (Å²) in [7, 11) is 0. The smallest absolute Gasteiger partial charge is 0.284 e. The van der Waals surface area contributed by atoms with Gasteiger partial charge in [0.1, 0.15) is 11.5 Å². The van der Waals surface area contributed by atoms with Gasteiger partial charge in [0.2, 0.25) is 0 Å². The number of halogens is 2. The Bertz CT molecular complexity index is 732. The Hall–Kier alpha value is -1.96. The maximum atomic E-state index is 13.6. The van der Waals surface area contributed by atoms with Gasteiger partial charge in [0.15, 0.2) is 5.69 Å². The molecule has 2 saturated carbocycles. The monoisotopic (exact) mass is 365 g/mol. The summed E-state index contributed by atoms with van der Waals surface area (Å²) in [6.45, 7) is 1.04. The maximum absolute atomic E-state index is 13.6. The third-order valence-corrected chi connectivity index (χ3v) is 5.54. The normalized spacial score (nSPS) is 23.5. The molecule has 0 spiro atoms. The van der Waals surface area contributed by atoms with Crippen LogP contribution in [-0.2, 0) is 0 Å². The van der Waals surface area contributed by atoms with Gasteiger partial charge < -0.3 is 10.4 Å². The summed E-state index contributed by atoms with van der Waals surface area (Å²) in [6.07, 6.45) is 6.60. The first kappa shape index (κ1) is 17.5. The fourth-order valence-electron chi connectivity index (χ4n) is 3.69. The highest BCUT2D eigenvalue weighted by atomic mass is 19.3. The number of aliphatic hydroxyl groups is 1. The van der Waals surface area contributed by atoms with E-state index in [1.54, 1.807) is 23.1 Å².